The highest BCUT2D eigenvalue weighted by atomic mass is 16.3. The number of carbonyl (C=O) groups is 1. The number of aryl methyl sites for hydroxylation is 1. The quantitative estimate of drug-likeness (QED) is 0.921. The third kappa shape index (κ3) is 3.46. The lowest BCUT2D eigenvalue weighted by Gasteiger charge is -2.30. The molecule has 2 atom stereocenters. The van der Waals surface area contributed by atoms with E-state index in [0.717, 1.165) is 29.7 Å². The average molecular weight is 289 g/mol. The number of rotatable bonds is 3. The summed E-state index contributed by atoms with van der Waals surface area (Å²) in [5.74, 6) is 0.602. The van der Waals surface area contributed by atoms with Crippen LogP contribution in [0.25, 0.3) is 0 Å². The van der Waals surface area contributed by atoms with Crippen LogP contribution >= 0.6 is 0 Å². The second-order valence-electron chi connectivity index (χ2n) is 7.36. The Hall–Kier alpha value is -1.35. The second kappa shape index (κ2) is 5.80. The molecule has 0 saturated heterocycles. The van der Waals surface area contributed by atoms with Crippen LogP contribution in [0.1, 0.15) is 57.8 Å². The van der Waals surface area contributed by atoms with Gasteiger partial charge in [0, 0.05) is 19.2 Å². The summed E-state index contributed by atoms with van der Waals surface area (Å²) in [6.07, 6.45) is 1.65. The van der Waals surface area contributed by atoms with Gasteiger partial charge in [-0.3, -0.25) is 4.79 Å². The van der Waals surface area contributed by atoms with Gasteiger partial charge >= 0.3 is 0 Å². The highest BCUT2D eigenvalue weighted by molar-refractivity contribution is 5.95. The van der Waals surface area contributed by atoms with E-state index in [-0.39, 0.29) is 11.3 Å². The van der Waals surface area contributed by atoms with Crippen molar-refractivity contribution >= 4 is 11.6 Å². The zero-order valence-electron chi connectivity index (χ0n) is 13.8. The fraction of sp³-hybridized carbons (Fsp3) is 0.611. The molecule has 1 N–H and O–H groups in total. The summed E-state index contributed by atoms with van der Waals surface area (Å²) in [5, 5.41) is 10.5. The van der Waals surface area contributed by atoms with Crippen LogP contribution in [-0.4, -0.2) is 18.1 Å². The Bertz CT molecular complexity index is 531. The van der Waals surface area contributed by atoms with Crippen molar-refractivity contribution in [3.8, 4) is 0 Å². The van der Waals surface area contributed by atoms with E-state index < -0.39 is 6.10 Å². The molecule has 1 aromatic rings. The zero-order valence-corrected chi connectivity index (χ0v) is 13.8. The van der Waals surface area contributed by atoms with Crippen molar-refractivity contribution in [1.82, 2.24) is 0 Å². The summed E-state index contributed by atoms with van der Waals surface area (Å²) in [7, 11) is 1.82. The zero-order chi connectivity index (χ0) is 15.8. The Morgan fingerprint density at radius 3 is 2.57 bits per heavy atom. The minimum atomic E-state index is -0.438. The molecule has 1 heterocycles. The van der Waals surface area contributed by atoms with Crippen molar-refractivity contribution in [2.24, 2.45) is 11.3 Å². The molecule has 1 amide bonds. The summed E-state index contributed by atoms with van der Waals surface area (Å²) < 4.78 is 0. The van der Waals surface area contributed by atoms with Crippen LogP contribution in [0.15, 0.2) is 18.2 Å². The van der Waals surface area contributed by atoms with Gasteiger partial charge in [0.15, 0.2) is 0 Å². The van der Waals surface area contributed by atoms with Crippen LogP contribution in [0.4, 0.5) is 5.69 Å². The molecule has 2 rings (SSSR count). The lowest BCUT2D eigenvalue weighted by Crippen LogP contribution is -2.31. The molecule has 1 aliphatic heterocycles. The number of aliphatic hydroxyl groups excluding tert-OH is 1. The molecular weight excluding hydrogens is 262 g/mol. The van der Waals surface area contributed by atoms with Crippen molar-refractivity contribution in [2.75, 3.05) is 11.9 Å². The van der Waals surface area contributed by atoms with E-state index in [9.17, 15) is 9.90 Å². The van der Waals surface area contributed by atoms with E-state index >= 15 is 0 Å². The van der Waals surface area contributed by atoms with Crippen LogP contribution in [0, 0.1) is 11.3 Å². The molecule has 1 aromatic carbocycles. The first-order valence-electron chi connectivity index (χ1n) is 7.77. The van der Waals surface area contributed by atoms with Gasteiger partial charge in [-0.1, -0.05) is 39.8 Å². The number of amides is 1. The van der Waals surface area contributed by atoms with E-state index in [4.69, 9.17) is 0 Å². The van der Waals surface area contributed by atoms with Gasteiger partial charge in [0.1, 0.15) is 0 Å². The van der Waals surface area contributed by atoms with Crippen LogP contribution in [0.2, 0.25) is 0 Å². The van der Waals surface area contributed by atoms with Crippen LogP contribution < -0.4 is 4.90 Å². The molecule has 3 nitrogen and oxygen atoms in total. The van der Waals surface area contributed by atoms with Gasteiger partial charge in [0.05, 0.1) is 6.10 Å². The van der Waals surface area contributed by atoms with Gasteiger partial charge < -0.3 is 10.0 Å². The van der Waals surface area contributed by atoms with Crippen molar-refractivity contribution in [3.05, 3.63) is 29.3 Å². The standard InChI is InChI=1S/C18H27NO2/c1-12(18(2,3)4)10-16(20)14-6-8-15-13(11-14)7-9-17(21)19(15)5/h6,8,11-12,16,20H,7,9-10H2,1-5H3. The lowest BCUT2D eigenvalue weighted by molar-refractivity contribution is -0.118. The molecule has 116 valence electrons. The highest BCUT2D eigenvalue weighted by Crippen LogP contribution is 2.35. The fourth-order valence-electron chi connectivity index (χ4n) is 2.71. The molecule has 0 fully saturated rings. The van der Waals surface area contributed by atoms with Gasteiger partial charge in [-0.25, -0.2) is 0 Å². The van der Waals surface area contributed by atoms with Crippen LogP contribution in [-0.2, 0) is 11.2 Å². The fourth-order valence-corrected chi connectivity index (χ4v) is 2.71. The van der Waals surface area contributed by atoms with Gasteiger partial charge in [-0.2, -0.15) is 0 Å². The highest BCUT2D eigenvalue weighted by Gasteiger charge is 2.25. The molecule has 0 bridgehead atoms. The maximum Gasteiger partial charge on any atom is 0.227 e. The largest absolute Gasteiger partial charge is 0.388 e. The lowest BCUT2D eigenvalue weighted by atomic mass is 9.78. The average Bonchev–Trinajstić information content (AvgIpc) is 2.41. The first-order valence-corrected chi connectivity index (χ1v) is 7.77. The summed E-state index contributed by atoms with van der Waals surface area (Å²) >= 11 is 0. The monoisotopic (exact) mass is 289 g/mol. The Balaban J connectivity index is 2.17. The molecule has 2 unspecified atom stereocenters. The molecular formula is C18H27NO2. The Labute approximate surface area is 128 Å². The summed E-state index contributed by atoms with van der Waals surface area (Å²) in [6.45, 7) is 8.81. The molecule has 0 saturated carbocycles. The number of nitrogens with zero attached hydrogens (tertiary/aromatic N) is 1. The number of benzene rings is 1. The summed E-state index contributed by atoms with van der Waals surface area (Å²) in [6, 6.07) is 5.99. The van der Waals surface area contributed by atoms with E-state index in [1.165, 1.54) is 0 Å². The van der Waals surface area contributed by atoms with Crippen molar-refractivity contribution < 1.29 is 9.90 Å². The summed E-state index contributed by atoms with van der Waals surface area (Å²) in [4.78, 5) is 13.4. The van der Waals surface area contributed by atoms with Gasteiger partial charge in [-0.15, -0.1) is 0 Å². The van der Waals surface area contributed by atoms with E-state index in [0.29, 0.717) is 12.3 Å². The van der Waals surface area contributed by atoms with Crippen LogP contribution in [0.5, 0.6) is 0 Å². The van der Waals surface area contributed by atoms with Crippen LogP contribution in [0.3, 0.4) is 0 Å². The van der Waals surface area contributed by atoms with Crippen molar-refractivity contribution in [3.63, 3.8) is 0 Å². The third-order valence-electron chi connectivity index (χ3n) is 4.89. The minimum absolute atomic E-state index is 0.164. The predicted octanol–water partition coefficient (Wildman–Crippen LogP) is 3.70. The summed E-state index contributed by atoms with van der Waals surface area (Å²) in [5.41, 5.74) is 3.30. The predicted molar refractivity (Wildman–Crippen MR) is 86.4 cm³/mol. The number of aliphatic hydroxyl groups is 1. The molecule has 0 aliphatic carbocycles. The van der Waals surface area contributed by atoms with E-state index in [1.807, 2.05) is 19.2 Å². The molecule has 0 radical (unpaired) electrons. The number of hydrogen-bond donors (Lipinski definition) is 1. The van der Waals surface area contributed by atoms with Gasteiger partial charge in [0.2, 0.25) is 5.91 Å². The first kappa shape index (κ1) is 16.0. The van der Waals surface area contributed by atoms with Crippen molar-refractivity contribution in [2.45, 2.75) is 53.1 Å². The van der Waals surface area contributed by atoms with E-state index in [2.05, 4.69) is 33.8 Å². The Morgan fingerprint density at radius 2 is 1.95 bits per heavy atom. The second-order valence-corrected chi connectivity index (χ2v) is 7.36. The SMILES string of the molecule is CC(CC(O)c1ccc2c(c1)CCC(=O)N2C)C(C)(C)C. The van der Waals surface area contributed by atoms with Gasteiger partial charge in [-0.05, 0) is 41.4 Å². The maximum atomic E-state index is 11.7. The third-order valence-corrected chi connectivity index (χ3v) is 4.89. The van der Waals surface area contributed by atoms with E-state index in [1.54, 1.807) is 4.90 Å². The number of fused-ring (bicyclic) bond motifs is 1. The smallest absolute Gasteiger partial charge is 0.227 e. The number of hydrogen-bond acceptors (Lipinski definition) is 2. The number of anilines is 1. The minimum Gasteiger partial charge on any atom is -0.388 e. The molecule has 0 spiro atoms. The van der Waals surface area contributed by atoms with Gasteiger partial charge in [0.25, 0.3) is 0 Å². The molecule has 0 aromatic heterocycles. The Morgan fingerprint density at radius 1 is 1.29 bits per heavy atom. The molecule has 21 heavy (non-hydrogen) atoms. The van der Waals surface area contributed by atoms with Crippen molar-refractivity contribution in [1.29, 1.82) is 0 Å². The molecule has 1 aliphatic rings. The number of carbonyl (C=O) groups excluding carboxylic acids is 1. The first-order chi connectivity index (χ1) is 9.70. The maximum absolute atomic E-state index is 11.7. The normalized spacial score (nSPS) is 18.4. The Kier molecular flexibility index (Phi) is 4.43. The molecule has 3 heteroatoms. The topological polar surface area (TPSA) is 40.5 Å².